The lowest BCUT2D eigenvalue weighted by atomic mass is 10.2. The molecule has 3 nitrogen and oxygen atoms in total. The number of aromatic amines is 1. The molecular weight excluding hydrogens is 208 g/mol. The minimum Gasteiger partial charge on any atom is -0.368 e. The Hall–Kier alpha value is -1.00. The van der Waals surface area contributed by atoms with Crippen LogP contribution in [0.2, 0.25) is 0 Å². The van der Waals surface area contributed by atoms with Gasteiger partial charge >= 0.3 is 0 Å². The van der Waals surface area contributed by atoms with Crippen molar-refractivity contribution in [1.82, 2.24) is 10.3 Å². The van der Waals surface area contributed by atoms with Crippen LogP contribution in [0.4, 0.5) is 0 Å². The zero-order valence-corrected chi connectivity index (χ0v) is 9.64. The number of rotatable bonds is 1. The van der Waals surface area contributed by atoms with E-state index >= 15 is 0 Å². The first-order chi connectivity index (χ1) is 7.20. The van der Waals surface area contributed by atoms with Crippen LogP contribution in [0.5, 0.6) is 0 Å². The van der Waals surface area contributed by atoms with Gasteiger partial charge in [0, 0.05) is 16.9 Å². The Labute approximate surface area is 94.9 Å². The number of nitrogens with one attached hydrogen (secondary N) is 2. The first kappa shape index (κ1) is 12.1. The normalized spacial score (nSPS) is 19.1. The van der Waals surface area contributed by atoms with Crippen molar-refractivity contribution in [3.63, 3.8) is 0 Å². The lowest BCUT2D eigenvalue weighted by Gasteiger charge is -2.01. The Morgan fingerprint density at radius 3 is 2.40 bits per heavy atom. The highest BCUT2D eigenvalue weighted by Crippen LogP contribution is 2.04. The molecule has 82 valence electrons. The van der Waals surface area contributed by atoms with Crippen LogP contribution >= 0.6 is 12.2 Å². The molecule has 1 unspecified atom stereocenters. The summed E-state index contributed by atoms with van der Waals surface area (Å²) in [5.41, 5.74) is 0. The van der Waals surface area contributed by atoms with E-state index in [0.717, 1.165) is 23.9 Å². The maximum atomic E-state index is 10.6. The summed E-state index contributed by atoms with van der Waals surface area (Å²) in [6, 6.07) is 3.86. The highest BCUT2D eigenvalue weighted by Gasteiger charge is 2.17. The minimum atomic E-state index is 0.176. The molecule has 1 aromatic heterocycles. The first-order valence-electron chi connectivity index (χ1n) is 5.07. The molecule has 2 heterocycles. The molecule has 4 heteroatoms. The van der Waals surface area contributed by atoms with E-state index in [0.29, 0.717) is 0 Å². The third-order valence-electron chi connectivity index (χ3n) is 2.24. The van der Waals surface area contributed by atoms with Crippen molar-refractivity contribution >= 4 is 18.0 Å². The molecule has 1 atom stereocenters. The average molecular weight is 224 g/mol. The largest absolute Gasteiger partial charge is 0.368 e. The molecule has 1 fully saturated rings. The van der Waals surface area contributed by atoms with Crippen LogP contribution < -0.4 is 5.32 Å². The molecule has 0 aliphatic carbocycles. The van der Waals surface area contributed by atoms with E-state index in [2.05, 4.69) is 10.3 Å². The third-order valence-corrected chi connectivity index (χ3v) is 2.51. The molecule has 1 aromatic rings. The molecule has 2 rings (SSSR count). The number of carbonyl (C=O) groups excluding carboxylic acids is 1. The van der Waals surface area contributed by atoms with E-state index in [-0.39, 0.29) is 11.8 Å². The van der Waals surface area contributed by atoms with Crippen molar-refractivity contribution < 1.29 is 4.79 Å². The van der Waals surface area contributed by atoms with Gasteiger partial charge in [-0.1, -0.05) is 12.2 Å². The van der Waals surface area contributed by atoms with Crippen LogP contribution in [0.1, 0.15) is 19.8 Å². The number of aromatic nitrogens is 1. The maximum Gasteiger partial charge on any atom is 0.146 e. The minimum absolute atomic E-state index is 0.176. The van der Waals surface area contributed by atoms with Gasteiger partial charge in [0.1, 0.15) is 5.78 Å². The molecule has 0 radical (unpaired) electrons. The fourth-order valence-electron chi connectivity index (χ4n) is 1.40. The Balaban J connectivity index is 0.000000151. The van der Waals surface area contributed by atoms with E-state index < -0.39 is 0 Å². The lowest BCUT2D eigenvalue weighted by Crippen LogP contribution is -2.28. The van der Waals surface area contributed by atoms with E-state index in [9.17, 15) is 4.79 Å². The molecule has 15 heavy (non-hydrogen) atoms. The van der Waals surface area contributed by atoms with Gasteiger partial charge in [0.05, 0.1) is 6.04 Å². The monoisotopic (exact) mass is 224 g/mol. The molecule has 0 aromatic carbocycles. The van der Waals surface area contributed by atoms with Gasteiger partial charge in [-0.2, -0.15) is 0 Å². The average Bonchev–Trinajstić information content (AvgIpc) is 2.72. The van der Waals surface area contributed by atoms with Crippen molar-refractivity contribution in [1.29, 1.82) is 0 Å². The number of pyridine rings is 1. The van der Waals surface area contributed by atoms with Crippen LogP contribution in [0, 0.1) is 4.51 Å². The molecule has 2 N–H and O–H groups in total. The smallest absolute Gasteiger partial charge is 0.146 e. The van der Waals surface area contributed by atoms with Gasteiger partial charge in [-0.05, 0) is 38.4 Å². The molecule has 0 spiro atoms. The van der Waals surface area contributed by atoms with Crippen LogP contribution in [0.25, 0.3) is 0 Å². The Bertz CT molecular complexity index is 338. The third kappa shape index (κ3) is 4.85. The second kappa shape index (κ2) is 6.48. The van der Waals surface area contributed by atoms with Crippen molar-refractivity contribution in [2.45, 2.75) is 25.8 Å². The van der Waals surface area contributed by atoms with E-state index in [4.69, 9.17) is 12.2 Å². The summed E-state index contributed by atoms with van der Waals surface area (Å²) < 4.78 is 0.874. The molecular formula is C11H16N2OS. The predicted molar refractivity (Wildman–Crippen MR) is 63.3 cm³/mol. The zero-order valence-electron chi connectivity index (χ0n) is 8.82. The van der Waals surface area contributed by atoms with Crippen LogP contribution in [0.3, 0.4) is 0 Å². The predicted octanol–water partition coefficient (Wildman–Crippen LogP) is 2.07. The summed E-state index contributed by atoms with van der Waals surface area (Å²) in [6.07, 6.45) is 5.81. The second-order valence-electron chi connectivity index (χ2n) is 3.50. The summed E-state index contributed by atoms with van der Waals surface area (Å²) >= 11 is 4.79. The van der Waals surface area contributed by atoms with Crippen LogP contribution in [-0.2, 0) is 4.79 Å². The van der Waals surface area contributed by atoms with Gasteiger partial charge < -0.3 is 10.3 Å². The second-order valence-corrected chi connectivity index (χ2v) is 3.97. The van der Waals surface area contributed by atoms with Crippen molar-refractivity contribution in [3.05, 3.63) is 29.0 Å². The number of Topliss-reactive ketones (excluding diaryl/α,β-unsaturated/α-hetero) is 1. The molecule has 0 saturated carbocycles. The lowest BCUT2D eigenvalue weighted by molar-refractivity contribution is -0.118. The van der Waals surface area contributed by atoms with Gasteiger partial charge in [0.2, 0.25) is 0 Å². The Kier molecular flexibility index (Phi) is 5.21. The number of H-pyrrole nitrogens is 1. The van der Waals surface area contributed by atoms with Gasteiger partial charge in [-0.3, -0.25) is 4.79 Å². The quantitative estimate of drug-likeness (QED) is 0.718. The van der Waals surface area contributed by atoms with Crippen molar-refractivity contribution in [2.24, 2.45) is 0 Å². The first-order valence-corrected chi connectivity index (χ1v) is 5.48. The topological polar surface area (TPSA) is 44.9 Å². The fourth-order valence-corrected chi connectivity index (χ4v) is 1.54. The van der Waals surface area contributed by atoms with E-state index in [1.54, 1.807) is 6.92 Å². The Morgan fingerprint density at radius 2 is 2.13 bits per heavy atom. The SMILES string of the molecule is CC(=O)C1CCCN1.S=c1cc[nH]cc1. The summed E-state index contributed by atoms with van der Waals surface area (Å²) in [7, 11) is 0. The number of ketones is 1. The van der Waals surface area contributed by atoms with Gasteiger partial charge in [0.25, 0.3) is 0 Å². The van der Waals surface area contributed by atoms with Crippen molar-refractivity contribution in [2.75, 3.05) is 6.54 Å². The molecule has 1 aliphatic heterocycles. The van der Waals surface area contributed by atoms with Crippen LogP contribution in [-0.4, -0.2) is 23.4 Å². The highest BCUT2D eigenvalue weighted by molar-refractivity contribution is 7.71. The highest BCUT2D eigenvalue weighted by atomic mass is 32.1. The summed E-state index contributed by atoms with van der Waals surface area (Å²) in [6.45, 7) is 2.66. The molecule has 1 saturated heterocycles. The molecule has 0 bridgehead atoms. The zero-order chi connectivity index (χ0) is 11.1. The summed E-state index contributed by atoms with van der Waals surface area (Å²) in [5, 5.41) is 3.11. The van der Waals surface area contributed by atoms with E-state index in [1.165, 1.54) is 0 Å². The summed E-state index contributed by atoms with van der Waals surface area (Å²) in [5.74, 6) is 0.280. The fraction of sp³-hybridized carbons (Fsp3) is 0.455. The molecule has 1 aliphatic rings. The number of hydrogen-bond donors (Lipinski definition) is 2. The number of hydrogen-bond acceptors (Lipinski definition) is 3. The molecule has 0 amide bonds. The van der Waals surface area contributed by atoms with Gasteiger partial charge in [-0.15, -0.1) is 0 Å². The van der Waals surface area contributed by atoms with Gasteiger partial charge in [-0.25, -0.2) is 0 Å². The van der Waals surface area contributed by atoms with Crippen molar-refractivity contribution in [3.8, 4) is 0 Å². The number of carbonyl (C=O) groups is 1. The summed E-state index contributed by atoms with van der Waals surface area (Å²) in [4.78, 5) is 13.5. The Morgan fingerprint density at radius 1 is 1.47 bits per heavy atom. The van der Waals surface area contributed by atoms with Crippen LogP contribution in [0.15, 0.2) is 24.5 Å². The standard InChI is InChI=1S/C6H11NO.C5H5NS/c1-5(8)6-3-2-4-7-6;7-5-1-3-6-4-2-5/h6-7H,2-4H2,1H3;1-4H,(H,6,7). The maximum absolute atomic E-state index is 10.6. The van der Waals surface area contributed by atoms with Gasteiger partial charge in [0.15, 0.2) is 0 Å². The van der Waals surface area contributed by atoms with E-state index in [1.807, 2.05) is 24.5 Å².